The summed E-state index contributed by atoms with van der Waals surface area (Å²) in [5, 5.41) is 9.10. The first-order chi connectivity index (χ1) is 9.96. The number of ether oxygens (including phenoxy) is 1. The van der Waals surface area contributed by atoms with Crippen LogP contribution in [-0.2, 0) is 14.8 Å². The molecule has 0 saturated carbocycles. The van der Waals surface area contributed by atoms with Gasteiger partial charge in [-0.25, -0.2) is 8.42 Å². The Hall–Kier alpha value is -1.25. The van der Waals surface area contributed by atoms with Crippen molar-refractivity contribution in [1.29, 1.82) is 0 Å². The second kappa shape index (κ2) is 6.67. The highest BCUT2D eigenvalue weighted by atomic mass is 32.2. The summed E-state index contributed by atoms with van der Waals surface area (Å²) in [6.07, 6.45) is 0.866. The molecule has 1 N–H and O–H groups in total. The molecule has 1 aromatic rings. The summed E-state index contributed by atoms with van der Waals surface area (Å²) in [4.78, 5) is 11.2. The van der Waals surface area contributed by atoms with E-state index in [-0.39, 0.29) is 16.5 Å². The van der Waals surface area contributed by atoms with Gasteiger partial charge in [0, 0.05) is 5.75 Å². The fourth-order valence-electron chi connectivity index (χ4n) is 1.92. The molecule has 1 aromatic carbocycles. The Kier molecular flexibility index (Phi) is 5.13. The number of hydrogen-bond acceptors (Lipinski definition) is 5. The van der Waals surface area contributed by atoms with Crippen LogP contribution in [0, 0.1) is 0 Å². The van der Waals surface area contributed by atoms with Gasteiger partial charge in [0.15, 0.2) is 0 Å². The number of benzene rings is 1. The lowest BCUT2D eigenvalue weighted by Gasteiger charge is -2.20. The number of aliphatic carboxylic acids is 1. The quantitative estimate of drug-likeness (QED) is 0.853. The predicted molar refractivity (Wildman–Crippen MR) is 80.0 cm³/mol. The highest BCUT2D eigenvalue weighted by Crippen LogP contribution is 2.29. The van der Waals surface area contributed by atoms with Crippen molar-refractivity contribution in [1.82, 2.24) is 4.31 Å². The molecular formula is C13H17NO5S2. The monoisotopic (exact) mass is 331 g/mol. The summed E-state index contributed by atoms with van der Waals surface area (Å²) in [5.41, 5.74) is 0. The van der Waals surface area contributed by atoms with Gasteiger partial charge in [-0.05, 0) is 30.7 Å². The van der Waals surface area contributed by atoms with Crippen LogP contribution in [0.15, 0.2) is 29.2 Å². The number of rotatable bonds is 6. The molecule has 1 aliphatic rings. The largest absolute Gasteiger partial charge is 0.494 e. The van der Waals surface area contributed by atoms with Gasteiger partial charge in [-0.3, -0.25) is 4.79 Å². The third-order valence-electron chi connectivity index (χ3n) is 3.03. The van der Waals surface area contributed by atoms with Gasteiger partial charge in [0.1, 0.15) is 11.8 Å². The zero-order chi connectivity index (χ0) is 15.5. The first-order valence-corrected chi connectivity index (χ1v) is 9.11. The smallest absolute Gasteiger partial charge is 0.322 e. The fraction of sp³-hybridized carbons (Fsp3) is 0.462. The number of nitrogens with zero attached hydrogens (tertiary/aromatic N) is 1. The Morgan fingerprint density at radius 3 is 2.67 bits per heavy atom. The maximum Gasteiger partial charge on any atom is 0.322 e. The van der Waals surface area contributed by atoms with Crippen LogP contribution in [0.5, 0.6) is 5.75 Å². The molecule has 0 aromatic heterocycles. The van der Waals surface area contributed by atoms with Gasteiger partial charge in [-0.2, -0.15) is 4.31 Å². The van der Waals surface area contributed by atoms with Crippen molar-refractivity contribution in [3.63, 3.8) is 0 Å². The lowest BCUT2D eigenvalue weighted by molar-refractivity contribution is -0.140. The number of carbonyl (C=O) groups is 1. The van der Waals surface area contributed by atoms with E-state index in [9.17, 15) is 13.2 Å². The lowest BCUT2D eigenvalue weighted by atomic mass is 10.3. The van der Waals surface area contributed by atoms with E-state index in [1.807, 2.05) is 6.92 Å². The van der Waals surface area contributed by atoms with Crippen molar-refractivity contribution in [2.24, 2.45) is 0 Å². The van der Waals surface area contributed by atoms with Gasteiger partial charge in [0.25, 0.3) is 0 Å². The summed E-state index contributed by atoms with van der Waals surface area (Å²) < 4.78 is 31.4. The van der Waals surface area contributed by atoms with Crippen molar-refractivity contribution in [2.75, 3.05) is 18.2 Å². The number of carboxylic acids is 1. The molecule has 0 amide bonds. The van der Waals surface area contributed by atoms with Gasteiger partial charge >= 0.3 is 5.97 Å². The zero-order valence-electron chi connectivity index (χ0n) is 11.6. The second-order valence-electron chi connectivity index (χ2n) is 4.57. The molecular weight excluding hydrogens is 314 g/mol. The third-order valence-corrected chi connectivity index (χ3v) is 6.07. The number of thioether (sulfide) groups is 1. The normalized spacial score (nSPS) is 19.6. The molecule has 116 valence electrons. The molecule has 21 heavy (non-hydrogen) atoms. The first-order valence-electron chi connectivity index (χ1n) is 6.52. The van der Waals surface area contributed by atoms with Crippen molar-refractivity contribution in [2.45, 2.75) is 24.3 Å². The second-order valence-corrected chi connectivity index (χ2v) is 7.46. The van der Waals surface area contributed by atoms with Crippen molar-refractivity contribution in [3.05, 3.63) is 24.3 Å². The van der Waals surface area contributed by atoms with Crippen LogP contribution >= 0.6 is 11.8 Å². The Labute approximate surface area is 128 Å². The summed E-state index contributed by atoms with van der Waals surface area (Å²) >= 11 is 1.30. The summed E-state index contributed by atoms with van der Waals surface area (Å²) in [5.74, 6) is -0.0903. The van der Waals surface area contributed by atoms with Crippen LogP contribution < -0.4 is 4.74 Å². The summed E-state index contributed by atoms with van der Waals surface area (Å²) in [6.45, 7) is 2.55. The summed E-state index contributed by atoms with van der Waals surface area (Å²) in [7, 11) is -3.79. The third kappa shape index (κ3) is 3.50. The van der Waals surface area contributed by atoms with E-state index in [0.717, 1.165) is 10.7 Å². The Bertz CT molecular complexity index is 599. The highest BCUT2D eigenvalue weighted by molar-refractivity contribution is 8.00. The Morgan fingerprint density at radius 2 is 2.10 bits per heavy atom. The van der Waals surface area contributed by atoms with Gasteiger partial charge in [0.05, 0.1) is 17.4 Å². The van der Waals surface area contributed by atoms with E-state index >= 15 is 0 Å². The molecule has 0 spiro atoms. The summed E-state index contributed by atoms with van der Waals surface area (Å²) in [6, 6.07) is 5.06. The Balaban J connectivity index is 2.21. The van der Waals surface area contributed by atoms with Crippen LogP contribution in [0.1, 0.15) is 13.3 Å². The maximum absolute atomic E-state index is 12.5. The molecule has 1 heterocycles. The average Bonchev–Trinajstić information content (AvgIpc) is 2.96. The molecule has 1 unspecified atom stereocenters. The SMILES string of the molecule is CCCOc1ccc(S(=O)(=O)N2CSCC2C(=O)O)cc1. The molecule has 2 rings (SSSR count). The molecule has 0 radical (unpaired) electrons. The molecule has 8 heteroatoms. The standard InChI is InChI=1S/C13H17NO5S2/c1-2-7-19-10-3-5-11(6-4-10)21(17,18)14-9-20-8-12(14)13(15)16/h3-6,12H,2,7-9H2,1H3,(H,15,16). The Morgan fingerprint density at radius 1 is 1.43 bits per heavy atom. The molecule has 1 aliphatic heterocycles. The van der Waals surface area contributed by atoms with E-state index in [0.29, 0.717) is 12.4 Å². The molecule has 1 fully saturated rings. The zero-order valence-corrected chi connectivity index (χ0v) is 13.2. The van der Waals surface area contributed by atoms with Crippen molar-refractivity contribution >= 4 is 27.8 Å². The first kappa shape index (κ1) is 16.1. The number of carboxylic acid groups (broad SMARTS) is 1. The van der Waals surface area contributed by atoms with E-state index in [1.165, 1.54) is 23.9 Å². The van der Waals surface area contributed by atoms with Crippen LogP contribution in [0.25, 0.3) is 0 Å². The predicted octanol–water partition coefficient (Wildman–Crippen LogP) is 1.62. The minimum Gasteiger partial charge on any atom is -0.494 e. The number of hydrogen-bond donors (Lipinski definition) is 1. The minimum absolute atomic E-state index is 0.0834. The van der Waals surface area contributed by atoms with Gasteiger partial charge in [-0.1, -0.05) is 6.92 Å². The van der Waals surface area contributed by atoms with Gasteiger partial charge in [0.2, 0.25) is 10.0 Å². The van der Waals surface area contributed by atoms with Crippen LogP contribution in [0.4, 0.5) is 0 Å². The lowest BCUT2D eigenvalue weighted by Crippen LogP contribution is -2.41. The van der Waals surface area contributed by atoms with Crippen molar-refractivity contribution in [3.8, 4) is 5.75 Å². The highest BCUT2D eigenvalue weighted by Gasteiger charge is 2.39. The van der Waals surface area contributed by atoms with Crippen LogP contribution in [0.3, 0.4) is 0 Å². The molecule has 0 bridgehead atoms. The molecule has 1 saturated heterocycles. The number of sulfonamides is 1. The fourth-order valence-corrected chi connectivity index (χ4v) is 5.06. The van der Waals surface area contributed by atoms with E-state index in [2.05, 4.69) is 0 Å². The van der Waals surface area contributed by atoms with Crippen LogP contribution in [0.2, 0.25) is 0 Å². The maximum atomic E-state index is 12.5. The van der Waals surface area contributed by atoms with E-state index in [4.69, 9.17) is 9.84 Å². The van der Waals surface area contributed by atoms with E-state index in [1.54, 1.807) is 12.1 Å². The molecule has 6 nitrogen and oxygen atoms in total. The molecule has 0 aliphatic carbocycles. The van der Waals surface area contributed by atoms with Gasteiger partial charge in [-0.15, -0.1) is 11.8 Å². The van der Waals surface area contributed by atoms with Gasteiger partial charge < -0.3 is 9.84 Å². The van der Waals surface area contributed by atoms with Crippen molar-refractivity contribution < 1.29 is 23.1 Å². The van der Waals surface area contributed by atoms with Crippen LogP contribution in [-0.4, -0.2) is 48.1 Å². The van der Waals surface area contributed by atoms with E-state index < -0.39 is 22.0 Å². The molecule has 1 atom stereocenters. The topological polar surface area (TPSA) is 83.9 Å². The average molecular weight is 331 g/mol. The minimum atomic E-state index is -3.79.